The van der Waals surface area contributed by atoms with Gasteiger partial charge in [-0.1, -0.05) is 25.3 Å². The first-order valence-corrected chi connectivity index (χ1v) is 7.39. The third-order valence-electron chi connectivity index (χ3n) is 3.58. The molecule has 5 heteroatoms. The van der Waals surface area contributed by atoms with Gasteiger partial charge < -0.3 is 11.1 Å². The molecule has 0 bridgehead atoms. The number of nitrogens with one attached hydrogen (secondary N) is 1. The van der Waals surface area contributed by atoms with E-state index < -0.39 is 11.7 Å². The Kier molecular flexibility index (Phi) is 4.93. The summed E-state index contributed by atoms with van der Waals surface area (Å²) in [6.07, 6.45) is 5.06. The molecule has 1 aromatic rings. The monoisotopic (exact) mass is 328 g/mol. The van der Waals surface area contributed by atoms with Crippen LogP contribution in [0.3, 0.4) is 0 Å². The average molecular weight is 329 g/mol. The quantitative estimate of drug-likeness (QED) is 0.820. The smallest absolute Gasteiger partial charge is 0.255 e. The lowest BCUT2D eigenvalue weighted by Crippen LogP contribution is -2.47. The molecular formula is C14H18BrFN2O. The van der Waals surface area contributed by atoms with Crippen LogP contribution < -0.4 is 11.1 Å². The number of carbonyl (C=O) groups excluding carboxylic acids is 1. The molecule has 0 spiro atoms. The van der Waals surface area contributed by atoms with Crippen molar-refractivity contribution in [1.82, 2.24) is 5.32 Å². The van der Waals surface area contributed by atoms with Gasteiger partial charge in [-0.25, -0.2) is 4.39 Å². The average Bonchev–Trinajstić information content (AvgIpc) is 2.55. The van der Waals surface area contributed by atoms with E-state index in [-0.39, 0.29) is 17.6 Å². The fourth-order valence-corrected chi connectivity index (χ4v) is 2.99. The van der Waals surface area contributed by atoms with E-state index in [4.69, 9.17) is 5.73 Å². The third kappa shape index (κ3) is 3.54. The van der Waals surface area contributed by atoms with Crippen molar-refractivity contribution in [1.29, 1.82) is 0 Å². The van der Waals surface area contributed by atoms with E-state index in [1.165, 1.54) is 6.07 Å². The van der Waals surface area contributed by atoms with Crippen molar-refractivity contribution < 1.29 is 9.18 Å². The first kappa shape index (κ1) is 14.5. The minimum atomic E-state index is -0.519. The molecule has 19 heavy (non-hydrogen) atoms. The number of hydrogen-bond acceptors (Lipinski definition) is 2. The first-order valence-electron chi connectivity index (χ1n) is 6.60. The molecule has 1 aliphatic carbocycles. The van der Waals surface area contributed by atoms with Crippen molar-refractivity contribution >= 4 is 21.8 Å². The third-order valence-corrected chi connectivity index (χ3v) is 4.24. The number of nitrogens with two attached hydrogens (primary N) is 1. The Balaban J connectivity index is 2.12. The van der Waals surface area contributed by atoms with Crippen LogP contribution in [0.1, 0.15) is 42.5 Å². The number of hydrogen-bond donors (Lipinski definition) is 2. The minimum absolute atomic E-state index is 0.0444. The molecule has 2 atom stereocenters. The number of amides is 1. The molecule has 0 aromatic heterocycles. The summed E-state index contributed by atoms with van der Waals surface area (Å²) in [7, 11) is 0. The summed E-state index contributed by atoms with van der Waals surface area (Å²) < 4.78 is 14.2. The van der Waals surface area contributed by atoms with Crippen LogP contribution in [0.25, 0.3) is 0 Å². The zero-order valence-electron chi connectivity index (χ0n) is 10.7. The molecule has 0 heterocycles. The Morgan fingerprint density at radius 3 is 2.79 bits per heavy atom. The summed E-state index contributed by atoms with van der Waals surface area (Å²) in [4.78, 5) is 12.2. The molecule has 0 radical (unpaired) electrons. The van der Waals surface area contributed by atoms with Gasteiger partial charge in [0.15, 0.2) is 0 Å². The Hall–Kier alpha value is -0.940. The molecule has 0 saturated heterocycles. The van der Waals surface area contributed by atoms with Crippen molar-refractivity contribution in [2.75, 3.05) is 0 Å². The zero-order chi connectivity index (χ0) is 13.8. The maximum absolute atomic E-state index is 13.7. The van der Waals surface area contributed by atoms with Crippen molar-refractivity contribution in [3.8, 4) is 0 Å². The highest BCUT2D eigenvalue weighted by Crippen LogP contribution is 2.21. The molecule has 1 aliphatic rings. The van der Waals surface area contributed by atoms with Gasteiger partial charge in [0.1, 0.15) is 5.82 Å². The van der Waals surface area contributed by atoms with Crippen LogP contribution in [0.5, 0.6) is 0 Å². The summed E-state index contributed by atoms with van der Waals surface area (Å²) in [5, 5.41) is 2.87. The summed E-state index contributed by atoms with van der Waals surface area (Å²) >= 11 is 3.21. The highest BCUT2D eigenvalue weighted by atomic mass is 79.9. The Labute approximate surface area is 120 Å². The molecule has 2 unspecified atom stereocenters. The van der Waals surface area contributed by atoms with E-state index in [2.05, 4.69) is 21.2 Å². The SMILES string of the molecule is NC1CCCCCC1NC(=O)c1c(F)cccc1Br. The minimum Gasteiger partial charge on any atom is -0.348 e. The maximum Gasteiger partial charge on any atom is 0.255 e. The van der Waals surface area contributed by atoms with Gasteiger partial charge in [0.05, 0.1) is 5.56 Å². The highest BCUT2D eigenvalue weighted by molar-refractivity contribution is 9.10. The van der Waals surface area contributed by atoms with E-state index in [9.17, 15) is 9.18 Å². The largest absolute Gasteiger partial charge is 0.348 e. The lowest BCUT2D eigenvalue weighted by Gasteiger charge is -2.23. The van der Waals surface area contributed by atoms with Crippen molar-refractivity contribution in [2.24, 2.45) is 5.73 Å². The molecule has 104 valence electrons. The van der Waals surface area contributed by atoms with E-state index in [0.29, 0.717) is 4.47 Å². The van der Waals surface area contributed by atoms with Crippen LogP contribution in [0.2, 0.25) is 0 Å². The van der Waals surface area contributed by atoms with Crippen molar-refractivity contribution in [3.05, 3.63) is 34.1 Å². The lowest BCUT2D eigenvalue weighted by atomic mass is 10.0. The molecule has 1 saturated carbocycles. The Bertz CT molecular complexity index is 447. The zero-order valence-corrected chi connectivity index (χ0v) is 12.2. The predicted molar refractivity (Wildman–Crippen MR) is 76.4 cm³/mol. The molecule has 0 aliphatic heterocycles. The topological polar surface area (TPSA) is 55.1 Å². The summed E-state index contributed by atoms with van der Waals surface area (Å²) in [6, 6.07) is 4.39. The highest BCUT2D eigenvalue weighted by Gasteiger charge is 2.24. The van der Waals surface area contributed by atoms with Crippen molar-refractivity contribution in [2.45, 2.75) is 44.2 Å². The van der Waals surface area contributed by atoms with Gasteiger partial charge >= 0.3 is 0 Å². The second kappa shape index (κ2) is 6.48. The van der Waals surface area contributed by atoms with Gasteiger partial charge in [-0.2, -0.15) is 0 Å². The van der Waals surface area contributed by atoms with E-state index in [1.807, 2.05) is 0 Å². The van der Waals surface area contributed by atoms with E-state index in [1.54, 1.807) is 12.1 Å². The number of rotatable bonds is 2. The fraction of sp³-hybridized carbons (Fsp3) is 0.500. The molecule has 3 N–H and O–H groups in total. The molecular weight excluding hydrogens is 311 g/mol. The second-order valence-electron chi connectivity index (χ2n) is 4.98. The summed E-state index contributed by atoms with van der Waals surface area (Å²) in [6.45, 7) is 0. The van der Waals surface area contributed by atoms with Crippen LogP contribution in [0, 0.1) is 5.82 Å². The van der Waals surface area contributed by atoms with Gasteiger partial charge in [-0.15, -0.1) is 0 Å². The van der Waals surface area contributed by atoms with Gasteiger partial charge in [-0.3, -0.25) is 4.79 Å². The first-order chi connectivity index (χ1) is 9.09. The second-order valence-corrected chi connectivity index (χ2v) is 5.83. The van der Waals surface area contributed by atoms with Gasteiger partial charge in [0, 0.05) is 16.6 Å². The van der Waals surface area contributed by atoms with E-state index >= 15 is 0 Å². The standard InChI is InChI=1S/C14H18BrFN2O/c15-9-5-4-6-10(16)13(9)14(19)18-12-8-3-1-2-7-11(12)17/h4-6,11-12H,1-3,7-8,17H2,(H,18,19). The predicted octanol–water partition coefficient (Wildman–Crippen LogP) is 2.98. The lowest BCUT2D eigenvalue weighted by molar-refractivity contribution is 0.0924. The van der Waals surface area contributed by atoms with Crippen LogP contribution in [-0.2, 0) is 0 Å². The Morgan fingerprint density at radius 2 is 2.05 bits per heavy atom. The number of carbonyl (C=O) groups is 1. The van der Waals surface area contributed by atoms with Gasteiger partial charge in [-0.05, 0) is 40.9 Å². The van der Waals surface area contributed by atoms with Gasteiger partial charge in [0.25, 0.3) is 5.91 Å². The summed E-state index contributed by atoms with van der Waals surface area (Å²) in [5.74, 6) is -0.915. The number of benzene rings is 1. The molecule has 1 aromatic carbocycles. The molecule has 1 fully saturated rings. The van der Waals surface area contributed by atoms with Crippen LogP contribution in [0.4, 0.5) is 4.39 Å². The van der Waals surface area contributed by atoms with Crippen LogP contribution >= 0.6 is 15.9 Å². The summed E-state index contributed by atoms with van der Waals surface area (Å²) in [5.41, 5.74) is 6.12. The molecule has 3 nitrogen and oxygen atoms in total. The van der Waals surface area contributed by atoms with Crippen molar-refractivity contribution in [3.63, 3.8) is 0 Å². The van der Waals surface area contributed by atoms with Crippen LogP contribution in [0.15, 0.2) is 22.7 Å². The maximum atomic E-state index is 13.7. The Morgan fingerprint density at radius 1 is 1.32 bits per heavy atom. The molecule has 2 rings (SSSR count). The van der Waals surface area contributed by atoms with E-state index in [0.717, 1.165) is 32.1 Å². The normalized spacial score (nSPS) is 23.7. The number of halogens is 2. The molecule has 1 amide bonds. The van der Waals surface area contributed by atoms with Crippen LogP contribution in [-0.4, -0.2) is 18.0 Å². The van der Waals surface area contributed by atoms with Gasteiger partial charge in [0.2, 0.25) is 0 Å². The fourth-order valence-electron chi connectivity index (χ4n) is 2.47.